The quantitative estimate of drug-likeness (QED) is 0.657. The predicted octanol–water partition coefficient (Wildman–Crippen LogP) is 5.61. The number of nitrogens with zero attached hydrogens (tertiary/aromatic N) is 1. The third kappa shape index (κ3) is 4.03. The van der Waals surface area contributed by atoms with E-state index in [1.807, 2.05) is 42.5 Å². The number of imide groups is 1. The zero-order chi connectivity index (χ0) is 17.8. The van der Waals surface area contributed by atoms with Crippen molar-refractivity contribution in [3.05, 3.63) is 81.7 Å². The number of carbonyl (C=O) groups excluding carboxylic acids is 2. The summed E-state index contributed by atoms with van der Waals surface area (Å²) >= 11 is 7.13. The van der Waals surface area contributed by atoms with E-state index in [2.05, 4.69) is 6.92 Å². The van der Waals surface area contributed by atoms with E-state index >= 15 is 0 Å². The summed E-state index contributed by atoms with van der Waals surface area (Å²) in [6.45, 7) is 2.05. The Morgan fingerprint density at radius 1 is 1.08 bits per heavy atom. The second kappa shape index (κ2) is 7.72. The highest BCUT2D eigenvalue weighted by atomic mass is 35.5. The van der Waals surface area contributed by atoms with Crippen LogP contribution in [0.3, 0.4) is 0 Å². The molecule has 25 heavy (non-hydrogen) atoms. The number of rotatable bonds is 4. The number of benzene rings is 2. The standard InChI is InChI=1S/C20H16ClNO2S/c1-2-14-8-10-17(11-9-14)22-19(23)18(25-20(22)24)13-16(21)12-15-6-4-3-5-7-15/h3-13H,2H2,1H3/b16-12-,18-13-. The Morgan fingerprint density at radius 3 is 2.40 bits per heavy atom. The first-order chi connectivity index (χ1) is 12.1. The lowest BCUT2D eigenvalue weighted by Gasteiger charge is -2.12. The fourth-order valence-corrected chi connectivity index (χ4v) is 3.58. The van der Waals surface area contributed by atoms with Crippen LogP contribution in [0.25, 0.3) is 6.08 Å². The molecule has 0 atom stereocenters. The average molecular weight is 370 g/mol. The number of allylic oxidation sites excluding steroid dienone is 2. The van der Waals surface area contributed by atoms with E-state index in [4.69, 9.17) is 11.6 Å². The number of halogens is 1. The van der Waals surface area contributed by atoms with Crippen LogP contribution in [0, 0.1) is 0 Å². The van der Waals surface area contributed by atoms with Crippen molar-refractivity contribution < 1.29 is 9.59 Å². The van der Waals surface area contributed by atoms with E-state index in [9.17, 15) is 9.59 Å². The van der Waals surface area contributed by atoms with Crippen LogP contribution in [0.15, 0.2) is 70.6 Å². The summed E-state index contributed by atoms with van der Waals surface area (Å²) in [6.07, 6.45) is 4.20. The molecule has 1 aliphatic heterocycles. The molecule has 2 aromatic carbocycles. The molecule has 0 saturated carbocycles. The van der Waals surface area contributed by atoms with Gasteiger partial charge in [0.25, 0.3) is 11.1 Å². The molecule has 0 aromatic heterocycles. The van der Waals surface area contributed by atoms with E-state index in [1.165, 1.54) is 4.90 Å². The molecule has 2 aromatic rings. The van der Waals surface area contributed by atoms with E-state index in [1.54, 1.807) is 24.3 Å². The Balaban J connectivity index is 1.84. The average Bonchev–Trinajstić information content (AvgIpc) is 2.89. The normalized spacial score (nSPS) is 16.8. The summed E-state index contributed by atoms with van der Waals surface area (Å²) in [6, 6.07) is 17.0. The van der Waals surface area contributed by atoms with Crippen LogP contribution in [0.2, 0.25) is 0 Å². The van der Waals surface area contributed by atoms with Gasteiger partial charge in [-0.3, -0.25) is 9.59 Å². The van der Waals surface area contributed by atoms with Crippen molar-refractivity contribution in [2.45, 2.75) is 13.3 Å². The summed E-state index contributed by atoms with van der Waals surface area (Å²) in [5, 5.41) is 0.0858. The van der Waals surface area contributed by atoms with Crippen LogP contribution in [-0.2, 0) is 11.2 Å². The van der Waals surface area contributed by atoms with Crippen molar-refractivity contribution in [3.8, 4) is 0 Å². The first-order valence-corrected chi connectivity index (χ1v) is 9.07. The van der Waals surface area contributed by atoms with E-state index in [-0.39, 0.29) is 11.1 Å². The molecule has 0 radical (unpaired) electrons. The zero-order valence-electron chi connectivity index (χ0n) is 13.6. The lowest BCUT2D eigenvalue weighted by molar-refractivity contribution is -0.113. The minimum Gasteiger partial charge on any atom is -0.268 e. The van der Waals surface area contributed by atoms with Crippen molar-refractivity contribution in [3.63, 3.8) is 0 Å². The highest BCUT2D eigenvalue weighted by molar-refractivity contribution is 8.18. The molecule has 126 valence electrons. The molecule has 1 fully saturated rings. The molecule has 1 aliphatic rings. The molecule has 0 N–H and O–H groups in total. The van der Waals surface area contributed by atoms with Gasteiger partial charge in [-0.25, -0.2) is 4.90 Å². The van der Waals surface area contributed by atoms with Crippen molar-refractivity contribution in [2.75, 3.05) is 4.90 Å². The summed E-state index contributed by atoms with van der Waals surface area (Å²) in [7, 11) is 0. The van der Waals surface area contributed by atoms with Crippen LogP contribution >= 0.6 is 23.4 Å². The fraction of sp³-hybridized carbons (Fsp3) is 0.100. The Morgan fingerprint density at radius 2 is 1.76 bits per heavy atom. The molecule has 3 nitrogen and oxygen atoms in total. The molecule has 0 bridgehead atoms. The SMILES string of the molecule is CCc1ccc(N2C(=O)S/C(=C\C(Cl)=C\c3ccccc3)C2=O)cc1. The van der Waals surface area contributed by atoms with Gasteiger partial charge in [0.2, 0.25) is 0 Å². The van der Waals surface area contributed by atoms with Crippen LogP contribution < -0.4 is 4.90 Å². The van der Waals surface area contributed by atoms with E-state index in [0.717, 1.165) is 29.3 Å². The molecular weight excluding hydrogens is 354 g/mol. The third-order valence-corrected chi connectivity index (χ3v) is 4.86. The van der Waals surface area contributed by atoms with Crippen LogP contribution in [0.5, 0.6) is 0 Å². The van der Waals surface area contributed by atoms with Crippen LogP contribution in [0.1, 0.15) is 18.1 Å². The summed E-state index contributed by atoms with van der Waals surface area (Å²) in [5.41, 5.74) is 2.66. The van der Waals surface area contributed by atoms with Crippen molar-refractivity contribution in [1.29, 1.82) is 0 Å². The number of hydrogen-bond donors (Lipinski definition) is 0. The van der Waals surface area contributed by atoms with Gasteiger partial charge in [-0.2, -0.15) is 0 Å². The second-order valence-electron chi connectivity index (χ2n) is 5.48. The number of aryl methyl sites for hydroxylation is 1. The molecule has 0 unspecified atom stereocenters. The monoisotopic (exact) mass is 369 g/mol. The highest BCUT2D eigenvalue weighted by Gasteiger charge is 2.36. The smallest absolute Gasteiger partial charge is 0.268 e. The van der Waals surface area contributed by atoms with Gasteiger partial charge in [0, 0.05) is 5.03 Å². The number of amides is 2. The fourth-order valence-electron chi connectivity index (χ4n) is 2.45. The van der Waals surface area contributed by atoms with Gasteiger partial charge in [-0.15, -0.1) is 0 Å². The maximum atomic E-state index is 12.6. The molecule has 2 amide bonds. The van der Waals surface area contributed by atoms with Gasteiger partial charge in [0.15, 0.2) is 0 Å². The Kier molecular flexibility index (Phi) is 5.41. The van der Waals surface area contributed by atoms with Gasteiger partial charge in [0.1, 0.15) is 0 Å². The lowest BCUT2D eigenvalue weighted by atomic mass is 10.1. The maximum Gasteiger partial charge on any atom is 0.298 e. The number of hydrogen-bond acceptors (Lipinski definition) is 3. The predicted molar refractivity (Wildman–Crippen MR) is 105 cm³/mol. The molecule has 5 heteroatoms. The van der Waals surface area contributed by atoms with Crippen molar-refractivity contribution >= 4 is 46.3 Å². The second-order valence-corrected chi connectivity index (χ2v) is 6.91. The Hall–Kier alpha value is -2.30. The minimum absolute atomic E-state index is 0.315. The highest BCUT2D eigenvalue weighted by Crippen LogP contribution is 2.35. The summed E-state index contributed by atoms with van der Waals surface area (Å²) in [4.78, 5) is 26.3. The third-order valence-electron chi connectivity index (χ3n) is 3.77. The Bertz CT molecular complexity index is 857. The zero-order valence-corrected chi connectivity index (χ0v) is 15.2. The van der Waals surface area contributed by atoms with Crippen molar-refractivity contribution in [1.82, 2.24) is 0 Å². The molecule has 1 heterocycles. The van der Waals surface area contributed by atoms with Crippen LogP contribution in [0.4, 0.5) is 10.5 Å². The largest absolute Gasteiger partial charge is 0.298 e. The van der Waals surface area contributed by atoms with Gasteiger partial charge in [-0.05, 0) is 53.6 Å². The van der Waals surface area contributed by atoms with Crippen molar-refractivity contribution in [2.24, 2.45) is 0 Å². The summed E-state index contributed by atoms with van der Waals surface area (Å²) in [5.74, 6) is -0.348. The van der Waals surface area contributed by atoms with Gasteiger partial charge in [-0.1, -0.05) is 61.0 Å². The summed E-state index contributed by atoms with van der Waals surface area (Å²) < 4.78 is 0. The van der Waals surface area contributed by atoms with Gasteiger partial charge >= 0.3 is 0 Å². The molecular formula is C20H16ClNO2S. The van der Waals surface area contributed by atoms with Gasteiger partial charge < -0.3 is 0 Å². The van der Waals surface area contributed by atoms with Gasteiger partial charge in [0.05, 0.1) is 10.6 Å². The number of anilines is 1. The minimum atomic E-state index is -0.348. The van der Waals surface area contributed by atoms with Crippen LogP contribution in [-0.4, -0.2) is 11.1 Å². The number of thioether (sulfide) groups is 1. The first-order valence-electron chi connectivity index (χ1n) is 7.87. The molecule has 0 aliphatic carbocycles. The first kappa shape index (κ1) is 17.5. The lowest BCUT2D eigenvalue weighted by Crippen LogP contribution is -2.27. The van der Waals surface area contributed by atoms with E-state index in [0.29, 0.717) is 15.6 Å². The molecule has 1 saturated heterocycles. The topological polar surface area (TPSA) is 37.4 Å². The maximum absolute atomic E-state index is 12.6. The molecule has 0 spiro atoms. The van der Waals surface area contributed by atoms with E-state index < -0.39 is 0 Å². The number of carbonyl (C=O) groups is 2. The molecule has 3 rings (SSSR count). The Labute approximate surface area is 156 Å².